The van der Waals surface area contributed by atoms with Crippen LogP contribution in [0.25, 0.3) is 88.1 Å². The second-order valence-corrected chi connectivity index (χ2v) is 15.1. The van der Waals surface area contributed by atoms with Gasteiger partial charge in [-0.2, -0.15) is 0 Å². The minimum absolute atomic E-state index is 0.503. The molecular formula is C52H47NO2. The molecule has 1 atom stereocenters. The third-order valence-electron chi connectivity index (χ3n) is 10.9. The Balaban J connectivity index is 0.000000395. The lowest BCUT2D eigenvalue weighted by molar-refractivity contribution is 0.668. The van der Waals surface area contributed by atoms with Gasteiger partial charge in [-0.1, -0.05) is 112 Å². The van der Waals surface area contributed by atoms with E-state index in [4.69, 9.17) is 8.83 Å². The van der Waals surface area contributed by atoms with Gasteiger partial charge in [0.25, 0.3) is 0 Å². The summed E-state index contributed by atoms with van der Waals surface area (Å²) in [5.74, 6) is 1.47. The van der Waals surface area contributed by atoms with E-state index < -0.39 is 0 Å². The summed E-state index contributed by atoms with van der Waals surface area (Å²) in [4.78, 5) is 0. The zero-order valence-electron chi connectivity index (χ0n) is 32.2. The van der Waals surface area contributed by atoms with Gasteiger partial charge in [-0.3, -0.25) is 0 Å². The molecule has 1 unspecified atom stereocenters. The Bertz CT molecular complexity index is 2880. The van der Waals surface area contributed by atoms with E-state index in [-0.39, 0.29) is 0 Å². The largest absolute Gasteiger partial charge is 0.456 e. The van der Waals surface area contributed by atoms with Gasteiger partial charge in [0.15, 0.2) is 0 Å². The van der Waals surface area contributed by atoms with Crippen LogP contribution in [0.5, 0.6) is 0 Å². The van der Waals surface area contributed by atoms with Crippen molar-refractivity contribution in [3.8, 4) is 16.8 Å². The second kappa shape index (κ2) is 14.6. The van der Waals surface area contributed by atoms with Crippen LogP contribution in [0.4, 0.5) is 0 Å². The minimum atomic E-state index is 0.503. The Morgan fingerprint density at radius 1 is 0.600 bits per heavy atom. The molecule has 272 valence electrons. The molecule has 0 saturated heterocycles. The first-order valence-corrected chi connectivity index (χ1v) is 20.0. The molecule has 3 heterocycles. The molecule has 0 spiro atoms. The van der Waals surface area contributed by atoms with Crippen LogP contribution in [0.1, 0.15) is 58.9 Å². The Labute approximate surface area is 322 Å². The lowest BCUT2D eigenvalue weighted by Gasteiger charge is -2.17. The number of aromatic nitrogens is 1. The summed E-state index contributed by atoms with van der Waals surface area (Å²) in [5, 5.41) is 7.03. The molecule has 3 aromatic heterocycles. The van der Waals surface area contributed by atoms with E-state index >= 15 is 0 Å². The average molecular weight is 718 g/mol. The maximum absolute atomic E-state index is 6.35. The number of fused-ring (bicyclic) bond motifs is 9. The van der Waals surface area contributed by atoms with Crippen molar-refractivity contribution in [2.75, 3.05) is 0 Å². The van der Waals surface area contributed by atoms with Crippen LogP contribution in [0.15, 0.2) is 161 Å². The quantitative estimate of drug-likeness (QED) is 0.170. The van der Waals surface area contributed by atoms with Gasteiger partial charge in [-0.25, -0.2) is 0 Å². The number of benzene rings is 6. The average Bonchev–Trinajstić information content (AvgIpc) is 3.73. The highest BCUT2D eigenvalue weighted by atomic mass is 16.3. The molecule has 3 heteroatoms. The van der Waals surface area contributed by atoms with E-state index in [1.54, 1.807) is 0 Å². The van der Waals surface area contributed by atoms with Crippen LogP contribution in [-0.4, -0.2) is 4.57 Å². The summed E-state index contributed by atoms with van der Waals surface area (Å²) in [6.45, 7) is 8.63. The standard InChI is InChI=1S/C43H29NO2.C6H10.C3H8/c1-26-8-2-3-9-31(26)29-16-20-42-36(24-29)34-22-27(14-18-40(34)45-42)28-15-19-41-35(23-28)37-25-30(17-21-43(37)46-41)44-38-12-6-4-10-32(38)33-11-5-7-13-39(33)44;1-2-3-6-4-5-6;1-3-2/h2-7,9-26H,8H2,1H3;2-3,6H,4-5H2,1H3;3H2,1-2H3/b;3-2-;. The van der Waals surface area contributed by atoms with Gasteiger partial charge in [0.1, 0.15) is 22.3 Å². The van der Waals surface area contributed by atoms with Gasteiger partial charge >= 0.3 is 0 Å². The first-order chi connectivity index (χ1) is 27.0. The Morgan fingerprint density at radius 3 is 1.60 bits per heavy atom. The fraction of sp³-hybridized carbons (Fsp3) is 0.192. The van der Waals surface area contributed by atoms with Crippen molar-refractivity contribution in [1.29, 1.82) is 0 Å². The highest BCUT2D eigenvalue weighted by Crippen LogP contribution is 2.39. The topological polar surface area (TPSA) is 31.2 Å². The fourth-order valence-electron chi connectivity index (χ4n) is 8.11. The van der Waals surface area contributed by atoms with Crippen LogP contribution >= 0.6 is 0 Å². The molecule has 0 N–H and O–H groups in total. The van der Waals surface area contributed by atoms with Gasteiger partial charge in [-0.05, 0) is 127 Å². The zero-order valence-corrected chi connectivity index (χ0v) is 32.2. The van der Waals surface area contributed by atoms with Crippen molar-refractivity contribution in [2.24, 2.45) is 11.8 Å². The molecule has 0 bridgehead atoms. The lowest BCUT2D eigenvalue weighted by atomic mass is 9.87. The monoisotopic (exact) mass is 717 g/mol. The number of furan rings is 2. The van der Waals surface area contributed by atoms with E-state index in [9.17, 15) is 0 Å². The molecule has 0 amide bonds. The third kappa shape index (κ3) is 6.48. The first-order valence-electron chi connectivity index (χ1n) is 20.0. The minimum Gasteiger partial charge on any atom is -0.456 e. The van der Waals surface area contributed by atoms with Crippen LogP contribution in [0.3, 0.4) is 0 Å². The zero-order chi connectivity index (χ0) is 37.5. The summed E-state index contributed by atoms with van der Waals surface area (Å²) >= 11 is 0. The number of para-hydroxylation sites is 2. The smallest absolute Gasteiger partial charge is 0.135 e. The van der Waals surface area contributed by atoms with Crippen molar-refractivity contribution in [2.45, 2.75) is 53.4 Å². The molecule has 0 aliphatic heterocycles. The van der Waals surface area contributed by atoms with Crippen molar-refractivity contribution in [3.63, 3.8) is 0 Å². The van der Waals surface area contributed by atoms with E-state index in [1.165, 1.54) is 52.2 Å². The molecule has 11 rings (SSSR count). The van der Waals surface area contributed by atoms with E-state index in [2.05, 4.69) is 184 Å². The predicted octanol–water partition coefficient (Wildman–Crippen LogP) is 15.6. The maximum Gasteiger partial charge on any atom is 0.135 e. The van der Waals surface area contributed by atoms with Crippen molar-refractivity contribution in [1.82, 2.24) is 4.57 Å². The van der Waals surface area contributed by atoms with Gasteiger partial charge in [-0.15, -0.1) is 0 Å². The van der Waals surface area contributed by atoms with E-state index in [0.29, 0.717) is 5.92 Å². The van der Waals surface area contributed by atoms with Crippen molar-refractivity contribution in [3.05, 3.63) is 157 Å². The maximum atomic E-state index is 6.35. The number of hydrogen-bond acceptors (Lipinski definition) is 2. The summed E-state index contributed by atoms with van der Waals surface area (Å²) in [6, 6.07) is 43.5. The lowest BCUT2D eigenvalue weighted by Crippen LogP contribution is -2.00. The number of allylic oxidation sites excluding steroid dienone is 6. The van der Waals surface area contributed by atoms with Crippen LogP contribution in [0, 0.1) is 11.8 Å². The summed E-state index contributed by atoms with van der Waals surface area (Å²) < 4.78 is 15.0. The molecule has 9 aromatic rings. The summed E-state index contributed by atoms with van der Waals surface area (Å²) in [6.07, 6.45) is 16.3. The van der Waals surface area contributed by atoms with Gasteiger partial charge in [0, 0.05) is 38.0 Å². The highest BCUT2D eigenvalue weighted by molar-refractivity contribution is 6.11. The molecule has 3 nitrogen and oxygen atoms in total. The molecule has 55 heavy (non-hydrogen) atoms. The molecule has 1 fully saturated rings. The molecule has 6 aromatic carbocycles. The SMILES string of the molecule is C/C=C\C1CC1.CC1CC=CC=C1c1ccc2oc3ccc(-c4ccc5oc6ccc(-n7c8ccccc8c8ccccc87)cc6c5c4)cc3c2c1.CCC. The van der Waals surface area contributed by atoms with Crippen molar-refractivity contribution < 1.29 is 8.83 Å². The molecule has 2 aliphatic carbocycles. The molecule has 0 radical (unpaired) electrons. The normalized spacial score (nSPS) is 15.6. The first kappa shape index (κ1) is 34.7. The Morgan fingerprint density at radius 2 is 1.09 bits per heavy atom. The number of hydrogen-bond donors (Lipinski definition) is 0. The predicted molar refractivity (Wildman–Crippen MR) is 235 cm³/mol. The third-order valence-corrected chi connectivity index (χ3v) is 10.9. The Kier molecular flexibility index (Phi) is 9.23. The molecule has 2 aliphatic rings. The van der Waals surface area contributed by atoms with E-state index in [0.717, 1.165) is 73.0 Å². The van der Waals surface area contributed by atoms with Crippen molar-refractivity contribution >= 4 is 71.3 Å². The summed E-state index contributed by atoms with van der Waals surface area (Å²) in [7, 11) is 0. The summed E-state index contributed by atoms with van der Waals surface area (Å²) in [5.41, 5.74) is 12.1. The van der Waals surface area contributed by atoms with Crippen LogP contribution in [-0.2, 0) is 0 Å². The second-order valence-electron chi connectivity index (χ2n) is 15.1. The number of nitrogens with zero attached hydrogens (tertiary/aromatic N) is 1. The van der Waals surface area contributed by atoms with Gasteiger partial charge in [0.05, 0.1) is 11.0 Å². The Hall–Kier alpha value is -6.06. The molecule has 1 saturated carbocycles. The van der Waals surface area contributed by atoms with Crippen LogP contribution in [0.2, 0.25) is 0 Å². The highest BCUT2D eigenvalue weighted by Gasteiger charge is 2.18. The fourth-order valence-corrected chi connectivity index (χ4v) is 8.11. The molecular weight excluding hydrogens is 671 g/mol. The van der Waals surface area contributed by atoms with E-state index in [1.807, 2.05) is 0 Å². The number of rotatable bonds is 4. The van der Waals surface area contributed by atoms with Crippen LogP contribution < -0.4 is 0 Å². The van der Waals surface area contributed by atoms with Gasteiger partial charge in [0.2, 0.25) is 0 Å². The van der Waals surface area contributed by atoms with Gasteiger partial charge < -0.3 is 13.4 Å².